The summed E-state index contributed by atoms with van der Waals surface area (Å²) in [7, 11) is 0. The Morgan fingerprint density at radius 3 is 2.58 bits per heavy atom. The third-order valence-corrected chi connectivity index (χ3v) is 3.44. The number of hydrogen-bond acceptors (Lipinski definition) is 3. The van der Waals surface area contributed by atoms with Crippen LogP contribution in [0.15, 0.2) is 53.4 Å². The van der Waals surface area contributed by atoms with Crippen molar-refractivity contribution < 1.29 is 9.18 Å². The molecule has 0 aliphatic heterocycles. The quantitative estimate of drug-likeness (QED) is 0.666. The molecule has 0 radical (unpaired) electrons. The van der Waals surface area contributed by atoms with Crippen LogP contribution in [0.25, 0.3) is 0 Å². The van der Waals surface area contributed by atoms with Crippen LogP contribution in [-0.2, 0) is 4.79 Å². The van der Waals surface area contributed by atoms with Gasteiger partial charge in [-0.15, -0.1) is 11.8 Å². The summed E-state index contributed by atoms with van der Waals surface area (Å²) in [6.07, 6.45) is 0. The molecule has 0 saturated carbocycles. The Kier molecular flexibility index (Phi) is 4.41. The van der Waals surface area contributed by atoms with Crippen LogP contribution in [0.2, 0.25) is 0 Å². The van der Waals surface area contributed by atoms with Crippen molar-refractivity contribution in [3.05, 3.63) is 54.3 Å². The molecular formula is C14H13FN2OS. The maximum Gasteiger partial charge on any atom is 0.234 e. The fourth-order valence-corrected chi connectivity index (χ4v) is 2.23. The lowest BCUT2D eigenvalue weighted by Gasteiger charge is -2.08. The average Bonchev–Trinajstić information content (AvgIpc) is 2.42. The molecule has 0 saturated heterocycles. The summed E-state index contributed by atoms with van der Waals surface area (Å²) in [5, 5.41) is 2.49. The number of hydrogen-bond donors (Lipinski definition) is 2. The van der Waals surface area contributed by atoms with E-state index in [2.05, 4.69) is 5.32 Å². The van der Waals surface area contributed by atoms with E-state index in [1.165, 1.54) is 23.9 Å². The summed E-state index contributed by atoms with van der Waals surface area (Å²) in [6, 6.07) is 13.8. The summed E-state index contributed by atoms with van der Waals surface area (Å²) < 4.78 is 13.5. The zero-order valence-corrected chi connectivity index (χ0v) is 10.9. The number of carbonyl (C=O) groups excluding carboxylic acids is 1. The molecule has 0 aliphatic carbocycles. The number of carbonyl (C=O) groups is 1. The maximum atomic E-state index is 13.5. The number of para-hydroxylation sites is 1. The number of benzene rings is 2. The van der Waals surface area contributed by atoms with Crippen molar-refractivity contribution in [1.82, 2.24) is 0 Å². The summed E-state index contributed by atoms with van der Waals surface area (Å²) in [4.78, 5) is 12.7. The molecule has 0 bridgehead atoms. The van der Waals surface area contributed by atoms with E-state index < -0.39 is 5.82 Å². The van der Waals surface area contributed by atoms with E-state index in [1.54, 1.807) is 6.07 Å². The van der Waals surface area contributed by atoms with Crippen molar-refractivity contribution >= 4 is 29.0 Å². The second-order valence-electron chi connectivity index (χ2n) is 3.85. The van der Waals surface area contributed by atoms with Crippen LogP contribution >= 0.6 is 11.8 Å². The molecule has 19 heavy (non-hydrogen) atoms. The van der Waals surface area contributed by atoms with Gasteiger partial charge >= 0.3 is 0 Å². The van der Waals surface area contributed by atoms with Crippen molar-refractivity contribution in [3.8, 4) is 0 Å². The van der Waals surface area contributed by atoms with Gasteiger partial charge in [0.15, 0.2) is 0 Å². The van der Waals surface area contributed by atoms with Gasteiger partial charge < -0.3 is 11.1 Å². The number of nitrogen functional groups attached to an aromatic ring is 1. The third kappa shape index (κ3) is 3.72. The van der Waals surface area contributed by atoms with E-state index >= 15 is 0 Å². The van der Waals surface area contributed by atoms with Gasteiger partial charge in [-0.3, -0.25) is 4.79 Å². The highest BCUT2D eigenvalue weighted by Crippen LogP contribution is 2.23. The predicted molar refractivity (Wildman–Crippen MR) is 76.6 cm³/mol. The van der Waals surface area contributed by atoms with Gasteiger partial charge in [-0.2, -0.15) is 0 Å². The van der Waals surface area contributed by atoms with Gasteiger partial charge in [0.2, 0.25) is 5.91 Å². The van der Waals surface area contributed by atoms with Crippen molar-refractivity contribution in [2.75, 3.05) is 16.8 Å². The van der Waals surface area contributed by atoms with E-state index in [1.807, 2.05) is 30.3 Å². The molecule has 3 nitrogen and oxygen atoms in total. The first kappa shape index (κ1) is 13.4. The largest absolute Gasteiger partial charge is 0.397 e. The lowest BCUT2D eigenvalue weighted by Crippen LogP contribution is -2.16. The molecule has 98 valence electrons. The van der Waals surface area contributed by atoms with Crippen LogP contribution in [0.1, 0.15) is 0 Å². The van der Waals surface area contributed by atoms with Crippen LogP contribution in [0, 0.1) is 5.82 Å². The molecule has 0 atom stereocenters. The molecule has 0 fully saturated rings. The minimum atomic E-state index is -0.530. The highest BCUT2D eigenvalue weighted by Gasteiger charge is 2.10. The van der Waals surface area contributed by atoms with Crippen LogP contribution in [0.5, 0.6) is 0 Å². The van der Waals surface area contributed by atoms with Crippen LogP contribution in [0.3, 0.4) is 0 Å². The van der Waals surface area contributed by atoms with Gasteiger partial charge in [0, 0.05) is 4.90 Å². The predicted octanol–water partition coefficient (Wildman–Crippen LogP) is 3.14. The molecule has 0 aliphatic rings. The number of thioether (sulfide) groups is 1. The topological polar surface area (TPSA) is 55.1 Å². The van der Waals surface area contributed by atoms with Gasteiger partial charge in [-0.05, 0) is 24.3 Å². The molecule has 3 N–H and O–H groups in total. The zero-order chi connectivity index (χ0) is 13.7. The van der Waals surface area contributed by atoms with Gasteiger partial charge in [-0.25, -0.2) is 4.39 Å². The maximum absolute atomic E-state index is 13.5. The van der Waals surface area contributed by atoms with Gasteiger partial charge in [-0.1, -0.05) is 24.3 Å². The van der Waals surface area contributed by atoms with Gasteiger partial charge in [0.25, 0.3) is 0 Å². The standard InChI is InChI=1S/C14H13FN2OS/c15-11-7-4-8-12(16)14(11)17-13(18)9-19-10-5-2-1-3-6-10/h1-8H,9,16H2,(H,17,18). The molecular weight excluding hydrogens is 263 g/mol. The Morgan fingerprint density at radius 1 is 1.16 bits per heavy atom. The lowest BCUT2D eigenvalue weighted by molar-refractivity contribution is -0.113. The third-order valence-electron chi connectivity index (χ3n) is 2.42. The molecule has 0 spiro atoms. The normalized spacial score (nSPS) is 10.2. The Morgan fingerprint density at radius 2 is 1.89 bits per heavy atom. The van der Waals surface area contributed by atoms with Crippen LogP contribution in [-0.4, -0.2) is 11.7 Å². The molecule has 2 aromatic carbocycles. The van der Waals surface area contributed by atoms with Crippen molar-refractivity contribution in [2.24, 2.45) is 0 Å². The summed E-state index contributed by atoms with van der Waals surface area (Å²) in [6.45, 7) is 0. The van der Waals surface area contributed by atoms with Crippen molar-refractivity contribution in [3.63, 3.8) is 0 Å². The summed E-state index contributed by atoms with van der Waals surface area (Å²) in [5.74, 6) is -0.610. The van der Waals surface area contributed by atoms with Crippen LogP contribution in [0.4, 0.5) is 15.8 Å². The molecule has 0 heterocycles. The van der Waals surface area contributed by atoms with Crippen LogP contribution < -0.4 is 11.1 Å². The molecule has 2 rings (SSSR count). The molecule has 2 aromatic rings. The SMILES string of the molecule is Nc1cccc(F)c1NC(=O)CSc1ccccc1. The highest BCUT2D eigenvalue weighted by atomic mass is 32.2. The first-order chi connectivity index (χ1) is 9.16. The van der Waals surface area contributed by atoms with Gasteiger partial charge in [0.05, 0.1) is 11.4 Å². The first-order valence-electron chi connectivity index (χ1n) is 5.68. The second-order valence-corrected chi connectivity index (χ2v) is 4.90. The Bertz CT molecular complexity index is 555. The second kappa shape index (κ2) is 6.24. The fraction of sp³-hybridized carbons (Fsp3) is 0.0714. The molecule has 5 heteroatoms. The smallest absolute Gasteiger partial charge is 0.234 e. The first-order valence-corrected chi connectivity index (χ1v) is 6.67. The summed E-state index contributed by atoms with van der Waals surface area (Å²) in [5.41, 5.74) is 5.88. The molecule has 0 aromatic heterocycles. The van der Waals surface area contributed by atoms with Crippen molar-refractivity contribution in [1.29, 1.82) is 0 Å². The fourth-order valence-electron chi connectivity index (χ4n) is 1.51. The number of amides is 1. The van der Waals surface area contributed by atoms with E-state index in [0.29, 0.717) is 0 Å². The summed E-state index contributed by atoms with van der Waals surface area (Å²) >= 11 is 1.38. The van der Waals surface area contributed by atoms with Crippen molar-refractivity contribution in [2.45, 2.75) is 4.90 Å². The van der Waals surface area contributed by atoms with E-state index in [-0.39, 0.29) is 23.0 Å². The Balaban J connectivity index is 1.95. The minimum absolute atomic E-state index is 0.0427. The van der Waals surface area contributed by atoms with E-state index in [4.69, 9.17) is 5.73 Å². The Labute approximate surface area is 115 Å². The van der Waals surface area contributed by atoms with Gasteiger partial charge in [0.1, 0.15) is 11.5 Å². The number of nitrogens with two attached hydrogens (primary N) is 1. The monoisotopic (exact) mass is 276 g/mol. The minimum Gasteiger partial charge on any atom is -0.397 e. The number of halogens is 1. The number of rotatable bonds is 4. The molecule has 1 amide bonds. The van der Waals surface area contributed by atoms with E-state index in [9.17, 15) is 9.18 Å². The number of nitrogens with one attached hydrogen (secondary N) is 1. The number of anilines is 2. The highest BCUT2D eigenvalue weighted by molar-refractivity contribution is 8.00. The zero-order valence-electron chi connectivity index (χ0n) is 10.1. The lowest BCUT2D eigenvalue weighted by atomic mass is 10.2. The average molecular weight is 276 g/mol. The molecule has 0 unspecified atom stereocenters. The van der Waals surface area contributed by atoms with E-state index in [0.717, 1.165) is 4.90 Å². The Hall–Kier alpha value is -2.01.